The molecular formula is C44H87NO10. The van der Waals surface area contributed by atoms with Crippen LogP contribution in [0.4, 0.5) is 0 Å². The maximum Gasteiger partial charge on any atom is 0.249 e. The molecule has 0 spiro atoms. The van der Waals surface area contributed by atoms with Gasteiger partial charge >= 0.3 is 0 Å². The van der Waals surface area contributed by atoms with E-state index in [1.54, 1.807) is 0 Å². The minimum atomic E-state index is -1.65. The number of hydrogen-bond donors (Lipinski definition) is 8. The van der Waals surface area contributed by atoms with Crippen LogP contribution < -0.4 is 5.32 Å². The van der Waals surface area contributed by atoms with Gasteiger partial charge in [0.2, 0.25) is 5.91 Å². The summed E-state index contributed by atoms with van der Waals surface area (Å²) in [7, 11) is 0. The fraction of sp³-hybridized carbons (Fsp3) is 0.977. The van der Waals surface area contributed by atoms with Crippen molar-refractivity contribution in [2.45, 2.75) is 262 Å². The second-order valence-corrected chi connectivity index (χ2v) is 16.5. The van der Waals surface area contributed by atoms with Crippen LogP contribution in [0, 0.1) is 0 Å². The van der Waals surface area contributed by atoms with E-state index in [0.717, 1.165) is 38.5 Å². The molecule has 0 saturated carbocycles. The Balaban J connectivity index is 2.39. The summed E-state index contributed by atoms with van der Waals surface area (Å²) in [6.07, 6.45) is 23.1. The highest BCUT2D eigenvalue weighted by Gasteiger charge is 2.44. The standard InChI is InChI=1S/C44H87NO10/c1-3-5-7-9-11-13-14-15-16-17-18-19-20-21-22-24-26-28-30-32-37(48)43(53)45-35(34-54-44-42(52)41(51)40(50)38(33-46)55-44)39(49)36(47)31-29-27-25-23-12-10-8-6-4-2/h35-42,44,46-52H,3-34H2,1-2H3,(H,45,53). The Morgan fingerprint density at radius 2 is 0.945 bits per heavy atom. The van der Waals surface area contributed by atoms with Crippen LogP contribution in [0.1, 0.15) is 206 Å². The zero-order chi connectivity index (χ0) is 40.5. The SMILES string of the molecule is CCCCCCCCCCCCCCCCCCCCCC(O)C(=O)NC(COC1OC(CO)C(O)C(O)C1O)C(O)C(O)CCCCCCCCCCC. The van der Waals surface area contributed by atoms with Crippen LogP contribution in [0.15, 0.2) is 0 Å². The summed E-state index contributed by atoms with van der Waals surface area (Å²) in [5.74, 6) is -0.695. The number of rotatable bonds is 38. The monoisotopic (exact) mass is 790 g/mol. The highest BCUT2D eigenvalue weighted by molar-refractivity contribution is 5.80. The molecular weight excluding hydrogens is 702 g/mol. The zero-order valence-electron chi connectivity index (χ0n) is 35.2. The molecule has 1 rings (SSSR count). The summed E-state index contributed by atoms with van der Waals surface area (Å²) in [4.78, 5) is 13.0. The average Bonchev–Trinajstić information content (AvgIpc) is 3.18. The van der Waals surface area contributed by atoms with E-state index in [-0.39, 0.29) is 6.42 Å². The van der Waals surface area contributed by atoms with Gasteiger partial charge < -0.3 is 50.5 Å². The number of carbonyl (C=O) groups excluding carboxylic acids is 1. The van der Waals surface area contributed by atoms with Crippen LogP contribution in [-0.4, -0.2) is 110 Å². The van der Waals surface area contributed by atoms with Gasteiger partial charge in [0.25, 0.3) is 0 Å². The molecule has 55 heavy (non-hydrogen) atoms. The second kappa shape index (κ2) is 35.1. The quantitative estimate of drug-likeness (QED) is 0.0300. The Kier molecular flexibility index (Phi) is 33.3. The molecule has 11 nitrogen and oxygen atoms in total. The van der Waals surface area contributed by atoms with Crippen molar-refractivity contribution in [3.8, 4) is 0 Å². The Morgan fingerprint density at radius 1 is 0.564 bits per heavy atom. The molecule has 9 unspecified atom stereocenters. The van der Waals surface area contributed by atoms with E-state index in [1.807, 2.05) is 0 Å². The molecule has 1 saturated heterocycles. The van der Waals surface area contributed by atoms with Gasteiger partial charge in [-0.05, 0) is 12.8 Å². The van der Waals surface area contributed by atoms with E-state index in [9.17, 15) is 40.5 Å². The largest absolute Gasteiger partial charge is 0.394 e. The highest BCUT2D eigenvalue weighted by atomic mass is 16.7. The Bertz CT molecular complexity index is 866. The second-order valence-electron chi connectivity index (χ2n) is 16.5. The summed E-state index contributed by atoms with van der Waals surface area (Å²) in [5.41, 5.74) is 0. The molecule has 1 amide bonds. The predicted molar refractivity (Wildman–Crippen MR) is 220 cm³/mol. The van der Waals surface area contributed by atoms with Crippen molar-refractivity contribution >= 4 is 5.91 Å². The summed E-state index contributed by atoms with van der Waals surface area (Å²) in [5, 5.41) is 75.4. The first kappa shape index (κ1) is 52.1. The van der Waals surface area contributed by atoms with E-state index in [0.29, 0.717) is 19.3 Å². The van der Waals surface area contributed by atoms with Crippen molar-refractivity contribution in [1.29, 1.82) is 0 Å². The van der Waals surface area contributed by atoms with Gasteiger partial charge in [-0.25, -0.2) is 0 Å². The molecule has 1 aliphatic rings. The summed E-state index contributed by atoms with van der Waals surface area (Å²) < 4.78 is 11.1. The molecule has 11 heteroatoms. The molecule has 1 aliphatic heterocycles. The summed E-state index contributed by atoms with van der Waals surface area (Å²) in [6.45, 7) is 3.42. The zero-order valence-corrected chi connectivity index (χ0v) is 35.2. The lowest BCUT2D eigenvalue weighted by molar-refractivity contribution is -0.303. The van der Waals surface area contributed by atoms with E-state index in [2.05, 4.69) is 19.2 Å². The Morgan fingerprint density at radius 3 is 1.35 bits per heavy atom. The van der Waals surface area contributed by atoms with Crippen molar-refractivity contribution in [3.05, 3.63) is 0 Å². The van der Waals surface area contributed by atoms with Crippen LogP contribution in [-0.2, 0) is 14.3 Å². The minimum absolute atomic E-state index is 0.266. The van der Waals surface area contributed by atoms with Crippen molar-refractivity contribution in [2.24, 2.45) is 0 Å². The maximum absolute atomic E-state index is 13.0. The number of aliphatic hydroxyl groups excluding tert-OH is 7. The predicted octanol–water partition coefficient (Wildman–Crippen LogP) is 7.11. The number of amides is 1. The van der Waals surface area contributed by atoms with Gasteiger partial charge in [0, 0.05) is 0 Å². The molecule has 9 atom stereocenters. The molecule has 0 radical (unpaired) electrons. The Hall–Kier alpha value is -0.890. The number of ether oxygens (including phenoxy) is 2. The van der Waals surface area contributed by atoms with Crippen LogP contribution in [0.25, 0.3) is 0 Å². The Labute approximate surface area is 335 Å². The topological polar surface area (TPSA) is 189 Å². The maximum atomic E-state index is 13.0. The third kappa shape index (κ3) is 25.3. The van der Waals surface area contributed by atoms with Gasteiger partial charge in [-0.2, -0.15) is 0 Å². The fourth-order valence-corrected chi connectivity index (χ4v) is 7.56. The van der Waals surface area contributed by atoms with E-state index in [4.69, 9.17) is 9.47 Å². The molecule has 0 bridgehead atoms. The van der Waals surface area contributed by atoms with Crippen LogP contribution >= 0.6 is 0 Å². The molecule has 1 fully saturated rings. The summed E-state index contributed by atoms with van der Waals surface area (Å²) >= 11 is 0. The van der Waals surface area contributed by atoms with Gasteiger partial charge in [0.1, 0.15) is 36.6 Å². The van der Waals surface area contributed by atoms with Crippen molar-refractivity contribution in [3.63, 3.8) is 0 Å². The minimum Gasteiger partial charge on any atom is -0.394 e. The van der Waals surface area contributed by atoms with E-state index >= 15 is 0 Å². The van der Waals surface area contributed by atoms with Crippen LogP contribution in [0.2, 0.25) is 0 Å². The normalized spacial score (nSPS) is 22.4. The molecule has 1 heterocycles. The van der Waals surface area contributed by atoms with Gasteiger partial charge in [0.15, 0.2) is 6.29 Å². The first-order valence-corrected chi connectivity index (χ1v) is 22.9. The van der Waals surface area contributed by atoms with Crippen molar-refractivity contribution in [1.82, 2.24) is 5.32 Å². The van der Waals surface area contributed by atoms with Gasteiger partial charge in [-0.3, -0.25) is 4.79 Å². The average molecular weight is 790 g/mol. The van der Waals surface area contributed by atoms with E-state index in [1.165, 1.54) is 128 Å². The number of unbranched alkanes of at least 4 members (excludes halogenated alkanes) is 26. The van der Waals surface area contributed by atoms with Crippen LogP contribution in [0.3, 0.4) is 0 Å². The first-order valence-electron chi connectivity index (χ1n) is 22.9. The van der Waals surface area contributed by atoms with E-state index < -0.39 is 74.2 Å². The van der Waals surface area contributed by atoms with Crippen LogP contribution in [0.5, 0.6) is 0 Å². The van der Waals surface area contributed by atoms with Gasteiger partial charge in [0.05, 0.1) is 25.4 Å². The molecule has 0 aliphatic carbocycles. The van der Waals surface area contributed by atoms with Gasteiger partial charge in [-0.1, -0.05) is 194 Å². The molecule has 0 aromatic carbocycles. The lowest BCUT2D eigenvalue weighted by atomic mass is 9.98. The van der Waals surface area contributed by atoms with Crippen molar-refractivity contribution in [2.75, 3.05) is 13.2 Å². The highest BCUT2D eigenvalue weighted by Crippen LogP contribution is 2.23. The van der Waals surface area contributed by atoms with Gasteiger partial charge in [-0.15, -0.1) is 0 Å². The first-order chi connectivity index (χ1) is 26.7. The molecule has 328 valence electrons. The third-order valence-electron chi connectivity index (χ3n) is 11.4. The number of aliphatic hydroxyl groups is 7. The number of hydrogen-bond acceptors (Lipinski definition) is 10. The third-order valence-corrected chi connectivity index (χ3v) is 11.4. The molecule has 0 aromatic heterocycles. The van der Waals surface area contributed by atoms with Crippen molar-refractivity contribution < 1.29 is 50.0 Å². The summed E-state index contributed by atoms with van der Waals surface area (Å²) in [6, 6.07) is -1.16. The molecule has 0 aromatic rings. The number of carbonyl (C=O) groups is 1. The smallest absolute Gasteiger partial charge is 0.249 e. The number of nitrogens with one attached hydrogen (secondary N) is 1. The molecule has 8 N–H and O–H groups in total. The lowest BCUT2D eigenvalue weighted by Crippen LogP contribution is -2.60. The lowest BCUT2D eigenvalue weighted by Gasteiger charge is -2.40. The fourth-order valence-electron chi connectivity index (χ4n) is 7.56.